The molecule has 0 aliphatic carbocycles. The van der Waals surface area contributed by atoms with Gasteiger partial charge < -0.3 is 30.3 Å². The van der Waals surface area contributed by atoms with Crippen LogP contribution in [0.5, 0.6) is 5.75 Å². The maximum Gasteiger partial charge on any atom is 0.410 e. The highest BCUT2D eigenvalue weighted by Crippen LogP contribution is 2.23. The Morgan fingerprint density at radius 3 is 2.35 bits per heavy atom. The lowest BCUT2D eigenvalue weighted by molar-refractivity contribution is -0.110. The number of nitrogens with zero attached hydrogens (tertiary/aromatic N) is 3. The number of unbranched alkanes of at least 4 members (excludes halogenated alkanes) is 2. The second-order valence-corrected chi connectivity index (χ2v) is 15.3. The number of likely N-dealkylation sites (N-methyl/N-ethyl adjacent to an activating group) is 1. The number of para-hydroxylation sites is 1. The van der Waals surface area contributed by atoms with E-state index in [1.54, 1.807) is 11.0 Å². The number of amides is 2. The predicted octanol–water partition coefficient (Wildman–Crippen LogP) is 7.45. The number of rotatable bonds is 21. The molecular weight excluding hydrogens is 784 g/mol. The van der Waals surface area contributed by atoms with Gasteiger partial charge in [-0.25, -0.2) is 18.4 Å². The highest BCUT2D eigenvalue weighted by molar-refractivity contribution is 9.10. The van der Waals surface area contributed by atoms with Gasteiger partial charge in [-0.1, -0.05) is 78.1 Å². The van der Waals surface area contributed by atoms with Crippen molar-refractivity contribution in [2.75, 3.05) is 64.8 Å². The fourth-order valence-electron chi connectivity index (χ4n) is 5.66. The summed E-state index contributed by atoms with van der Waals surface area (Å²) in [7, 11) is 2.08. The number of nitrogens with one attached hydrogen (secondary N) is 2. The van der Waals surface area contributed by atoms with E-state index < -0.39 is 17.3 Å². The number of carbonyl (C=O) groups excluding carboxylic acids is 3. The summed E-state index contributed by atoms with van der Waals surface area (Å²) < 4.78 is 18.8. The molecule has 0 spiro atoms. The summed E-state index contributed by atoms with van der Waals surface area (Å²) in [6.45, 7) is 18.2. The summed E-state index contributed by atoms with van der Waals surface area (Å²) in [6.07, 6.45) is 10.7. The molecule has 14 heteroatoms. The van der Waals surface area contributed by atoms with Crippen LogP contribution in [0.15, 0.2) is 46.9 Å². The van der Waals surface area contributed by atoms with Crippen molar-refractivity contribution in [3.63, 3.8) is 0 Å². The molecule has 2 amide bonds. The first-order chi connectivity index (χ1) is 26.5. The number of aromatic hydroxyl groups is 1. The van der Waals surface area contributed by atoms with Crippen molar-refractivity contribution in [2.24, 2.45) is 11.1 Å². The van der Waals surface area contributed by atoms with Crippen molar-refractivity contribution in [1.82, 2.24) is 19.4 Å². The molecule has 314 valence electrons. The van der Waals surface area contributed by atoms with Gasteiger partial charge in [-0.05, 0) is 110 Å². The van der Waals surface area contributed by atoms with Crippen LogP contribution in [0.1, 0.15) is 97.1 Å². The zero-order chi connectivity index (χ0) is 41.4. The van der Waals surface area contributed by atoms with E-state index in [0.29, 0.717) is 37.6 Å². The number of halogens is 1. The molecule has 55 heavy (non-hydrogen) atoms. The second-order valence-electron chi connectivity index (χ2n) is 13.4. The molecule has 2 atom stereocenters. The van der Waals surface area contributed by atoms with E-state index in [4.69, 9.17) is 15.0 Å². The number of phenolic OH excluding ortho intramolecular Hbond substituents is 1. The third kappa shape index (κ3) is 24.4. The Bertz CT molecular complexity index is 1330. The average Bonchev–Trinajstić information content (AvgIpc) is 3.19. The van der Waals surface area contributed by atoms with Gasteiger partial charge in [0.15, 0.2) is 17.5 Å². The standard InChI is InChI=1S/C18H25N3O4.C14H33N3OS.C7H7BrO.C2H6/c1-20(9-6-15-4-2-3-5-17(15)19-14-23)16-7-10-21(11-8-16)18(24)25-13-12-22;1-4-6-7-12-17(19(15)18)13-11-16-10-8-9-14(3)5-2;1-5-2-3-7(9)6(8)4-5;1-2/h2-5,12,14,16H,6-11,13H2,1H3,(H,19,23);14,16H,4-13,15H2,1-3H3;2-4,9H,1H3;1-2H3. The molecule has 2 aromatic rings. The van der Waals surface area contributed by atoms with Crippen molar-refractivity contribution in [3.05, 3.63) is 58.1 Å². The van der Waals surface area contributed by atoms with E-state index in [1.807, 2.05) is 61.5 Å². The number of aldehydes is 1. The topological polar surface area (TPSA) is 158 Å². The molecule has 1 aliphatic rings. The van der Waals surface area contributed by atoms with Crippen molar-refractivity contribution >= 4 is 51.6 Å². The minimum Gasteiger partial charge on any atom is -0.507 e. The Kier molecular flexibility index (Phi) is 31.5. The summed E-state index contributed by atoms with van der Waals surface area (Å²) in [6, 6.07) is 13.6. The van der Waals surface area contributed by atoms with E-state index in [2.05, 4.69) is 59.3 Å². The van der Waals surface area contributed by atoms with Crippen molar-refractivity contribution in [1.29, 1.82) is 0 Å². The fraction of sp³-hybridized carbons (Fsp3) is 0.634. The zero-order valence-electron chi connectivity index (χ0n) is 34.6. The summed E-state index contributed by atoms with van der Waals surface area (Å²) in [5.74, 6) is 1.12. The van der Waals surface area contributed by atoms with Crippen molar-refractivity contribution < 1.29 is 28.4 Å². The largest absolute Gasteiger partial charge is 0.507 e. The predicted molar refractivity (Wildman–Crippen MR) is 231 cm³/mol. The first-order valence-electron chi connectivity index (χ1n) is 19.9. The van der Waals surface area contributed by atoms with E-state index >= 15 is 0 Å². The van der Waals surface area contributed by atoms with E-state index in [1.165, 1.54) is 32.1 Å². The van der Waals surface area contributed by atoms with Crippen LogP contribution >= 0.6 is 15.9 Å². The summed E-state index contributed by atoms with van der Waals surface area (Å²) in [5, 5.41) is 20.6. The third-order valence-electron chi connectivity index (χ3n) is 9.24. The molecule has 1 saturated heterocycles. The number of hydrogen-bond donors (Lipinski definition) is 4. The van der Waals surface area contributed by atoms with Gasteiger partial charge in [-0.15, -0.1) is 0 Å². The van der Waals surface area contributed by atoms with Gasteiger partial charge in [0.05, 0.1) is 4.47 Å². The van der Waals surface area contributed by atoms with E-state index in [9.17, 15) is 18.6 Å². The molecule has 3 rings (SSSR count). The molecule has 0 saturated carbocycles. The number of ether oxygens (including phenoxy) is 1. The SMILES string of the molecule is CC.CCCCCN(CCNCCCC(C)CC)S(N)=O.CN(CCc1ccccc1NC=O)C1CCN(C(=O)OCC=O)CC1.Cc1ccc(O)c(Br)c1. The number of benzene rings is 2. The smallest absolute Gasteiger partial charge is 0.410 e. The number of aryl methyl sites for hydroxylation is 1. The maximum atomic E-state index is 11.7. The van der Waals surface area contributed by atoms with Crippen LogP contribution in [0.2, 0.25) is 0 Å². The van der Waals surface area contributed by atoms with E-state index in [-0.39, 0.29) is 6.61 Å². The minimum atomic E-state index is -1.33. The molecule has 0 bridgehead atoms. The molecule has 1 fully saturated rings. The van der Waals surface area contributed by atoms with E-state index in [0.717, 1.165) is 85.6 Å². The summed E-state index contributed by atoms with van der Waals surface area (Å²) >= 11 is 1.87. The highest BCUT2D eigenvalue weighted by Gasteiger charge is 2.26. The Morgan fingerprint density at radius 2 is 1.76 bits per heavy atom. The maximum absolute atomic E-state index is 11.7. The third-order valence-corrected chi connectivity index (χ3v) is 10.7. The van der Waals surface area contributed by atoms with Gasteiger partial charge in [-0.2, -0.15) is 0 Å². The normalized spacial score (nSPS) is 13.6. The van der Waals surface area contributed by atoms with Gasteiger partial charge in [-0.3, -0.25) is 9.59 Å². The monoisotopic (exact) mass is 854 g/mol. The zero-order valence-corrected chi connectivity index (χ0v) is 37.0. The van der Waals surface area contributed by atoms with Crippen LogP contribution < -0.4 is 15.8 Å². The van der Waals surface area contributed by atoms with Crippen LogP contribution in [-0.4, -0.2) is 108 Å². The number of likely N-dealkylation sites (tertiary alicyclic amines) is 1. The Morgan fingerprint density at radius 1 is 1.07 bits per heavy atom. The first kappa shape index (κ1) is 52.1. The van der Waals surface area contributed by atoms with Crippen LogP contribution in [0.25, 0.3) is 0 Å². The highest BCUT2D eigenvalue weighted by atomic mass is 79.9. The molecule has 1 aliphatic heterocycles. The Labute approximate surface area is 343 Å². The van der Waals surface area contributed by atoms with Crippen LogP contribution in [0, 0.1) is 12.8 Å². The van der Waals surface area contributed by atoms with Crippen LogP contribution in [0.3, 0.4) is 0 Å². The average molecular weight is 856 g/mol. The van der Waals surface area contributed by atoms with Crippen molar-refractivity contribution in [3.8, 4) is 5.75 Å². The number of hydrogen-bond acceptors (Lipinski definition) is 8. The number of nitrogens with two attached hydrogens (primary N) is 1. The Balaban J connectivity index is 0.000000854. The van der Waals surface area contributed by atoms with Gasteiger partial charge in [0, 0.05) is 51.0 Å². The summed E-state index contributed by atoms with van der Waals surface area (Å²) in [5.41, 5.74) is 3.09. The second kappa shape index (κ2) is 33.3. The number of carbonyl (C=O) groups is 3. The Hall–Kier alpha value is -2.88. The lowest BCUT2D eigenvalue weighted by atomic mass is 10.0. The molecule has 2 aromatic carbocycles. The summed E-state index contributed by atoms with van der Waals surface area (Å²) in [4.78, 5) is 36.6. The van der Waals surface area contributed by atoms with Gasteiger partial charge in [0.2, 0.25) is 6.41 Å². The van der Waals surface area contributed by atoms with Gasteiger partial charge in [0.1, 0.15) is 12.4 Å². The number of anilines is 1. The van der Waals surface area contributed by atoms with Crippen LogP contribution in [-0.2, 0) is 31.9 Å². The molecule has 0 radical (unpaired) electrons. The molecule has 12 nitrogen and oxygen atoms in total. The van der Waals surface area contributed by atoms with Crippen molar-refractivity contribution in [2.45, 2.75) is 105 Å². The number of piperidine rings is 1. The minimum absolute atomic E-state index is 0.188. The molecule has 5 N–H and O–H groups in total. The molecular formula is C41H71BrN6O6S. The lowest BCUT2D eigenvalue weighted by Gasteiger charge is -2.36. The number of phenols is 1. The van der Waals surface area contributed by atoms with Gasteiger partial charge >= 0.3 is 6.09 Å². The first-order valence-corrected chi connectivity index (χ1v) is 21.8. The lowest BCUT2D eigenvalue weighted by Crippen LogP contribution is -2.46. The quantitative estimate of drug-likeness (QED) is 0.0746. The van der Waals surface area contributed by atoms with Gasteiger partial charge in [0.25, 0.3) is 0 Å². The molecule has 1 heterocycles. The molecule has 2 unspecified atom stereocenters. The molecule has 0 aromatic heterocycles. The fourth-order valence-corrected chi connectivity index (χ4v) is 6.73. The van der Waals surface area contributed by atoms with Crippen LogP contribution in [0.4, 0.5) is 10.5 Å².